The van der Waals surface area contributed by atoms with E-state index in [0.29, 0.717) is 6.54 Å². The van der Waals surface area contributed by atoms with Crippen molar-refractivity contribution in [3.05, 3.63) is 34.3 Å². The van der Waals surface area contributed by atoms with Crippen LogP contribution in [0.2, 0.25) is 0 Å². The van der Waals surface area contributed by atoms with E-state index in [1.807, 2.05) is 38.1 Å². The molecular formula is C14H19BrClNO2. The molecule has 1 aliphatic heterocycles. The van der Waals surface area contributed by atoms with Crippen molar-refractivity contribution in [2.24, 2.45) is 0 Å². The molecule has 3 nitrogen and oxygen atoms in total. The van der Waals surface area contributed by atoms with Crippen molar-refractivity contribution in [1.82, 2.24) is 4.90 Å². The van der Waals surface area contributed by atoms with Gasteiger partial charge in [0, 0.05) is 23.1 Å². The van der Waals surface area contributed by atoms with Crippen molar-refractivity contribution in [3.63, 3.8) is 0 Å². The van der Waals surface area contributed by atoms with Gasteiger partial charge >= 0.3 is 0 Å². The van der Waals surface area contributed by atoms with Gasteiger partial charge in [-0.15, -0.1) is 12.4 Å². The second kappa shape index (κ2) is 7.39. The zero-order valence-electron chi connectivity index (χ0n) is 11.1. The highest BCUT2D eigenvalue weighted by molar-refractivity contribution is 9.10. The lowest BCUT2D eigenvalue weighted by Crippen LogP contribution is -2.47. The molecule has 106 valence electrons. The average Bonchev–Trinajstić information content (AvgIpc) is 2.28. The summed E-state index contributed by atoms with van der Waals surface area (Å²) in [5, 5.41) is 0. The molecule has 1 aromatic rings. The number of ketones is 1. The zero-order chi connectivity index (χ0) is 13.1. The van der Waals surface area contributed by atoms with Crippen molar-refractivity contribution in [1.29, 1.82) is 0 Å². The molecule has 0 aromatic heterocycles. The van der Waals surface area contributed by atoms with Crippen LogP contribution in [0.5, 0.6) is 0 Å². The van der Waals surface area contributed by atoms with E-state index < -0.39 is 0 Å². The Morgan fingerprint density at radius 1 is 1.26 bits per heavy atom. The molecule has 5 heteroatoms. The topological polar surface area (TPSA) is 29.5 Å². The number of ether oxygens (including phenoxy) is 1. The SMILES string of the molecule is CC1CN(CC(=O)c2ccc(Br)cc2)CC(C)O1.Cl. The van der Waals surface area contributed by atoms with E-state index in [1.165, 1.54) is 0 Å². The second-order valence-corrected chi connectivity index (χ2v) is 5.80. The Morgan fingerprint density at radius 3 is 2.32 bits per heavy atom. The Labute approximate surface area is 128 Å². The summed E-state index contributed by atoms with van der Waals surface area (Å²) in [5.41, 5.74) is 0.769. The van der Waals surface area contributed by atoms with E-state index in [-0.39, 0.29) is 30.4 Å². The monoisotopic (exact) mass is 347 g/mol. The predicted molar refractivity (Wildman–Crippen MR) is 82.2 cm³/mol. The van der Waals surface area contributed by atoms with Gasteiger partial charge in [0.05, 0.1) is 18.8 Å². The summed E-state index contributed by atoms with van der Waals surface area (Å²) in [6.45, 7) is 6.22. The van der Waals surface area contributed by atoms with Gasteiger partial charge in [0.15, 0.2) is 5.78 Å². The fourth-order valence-corrected chi connectivity index (χ4v) is 2.61. The molecule has 2 unspecified atom stereocenters. The number of hydrogen-bond acceptors (Lipinski definition) is 3. The smallest absolute Gasteiger partial charge is 0.176 e. The van der Waals surface area contributed by atoms with Crippen molar-refractivity contribution < 1.29 is 9.53 Å². The van der Waals surface area contributed by atoms with Gasteiger partial charge in [-0.2, -0.15) is 0 Å². The first-order chi connectivity index (χ1) is 8.54. The van der Waals surface area contributed by atoms with Gasteiger partial charge in [-0.25, -0.2) is 0 Å². The lowest BCUT2D eigenvalue weighted by molar-refractivity contribution is -0.0652. The van der Waals surface area contributed by atoms with Crippen molar-refractivity contribution >= 4 is 34.1 Å². The fourth-order valence-electron chi connectivity index (χ4n) is 2.34. The van der Waals surface area contributed by atoms with Crippen LogP contribution in [0.4, 0.5) is 0 Å². The number of Topliss-reactive ketones (excluding diaryl/α,β-unsaturated/α-hetero) is 1. The van der Waals surface area contributed by atoms with Gasteiger partial charge in [-0.05, 0) is 26.0 Å². The molecule has 2 atom stereocenters. The Balaban J connectivity index is 0.00000180. The first-order valence-corrected chi connectivity index (χ1v) is 7.00. The number of morpholine rings is 1. The average molecular weight is 349 g/mol. The van der Waals surface area contributed by atoms with Crippen LogP contribution in [0.15, 0.2) is 28.7 Å². The molecule has 19 heavy (non-hydrogen) atoms. The van der Waals surface area contributed by atoms with Gasteiger partial charge in [0.2, 0.25) is 0 Å². The second-order valence-electron chi connectivity index (χ2n) is 4.88. The number of hydrogen-bond donors (Lipinski definition) is 0. The first kappa shape index (κ1) is 16.6. The van der Waals surface area contributed by atoms with Gasteiger partial charge in [0.1, 0.15) is 0 Å². The van der Waals surface area contributed by atoms with E-state index in [4.69, 9.17) is 4.74 Å². The quantitative estimate of drug-likeness (QED) is 0.786. The van der Waals surface area contributed by atoms with Crippen LogP contribution in [-0.2, 0) is 4.74 Å². The maximum atomic E-state index is 12.1. The van der Waals surface area contributed by atoms with Crippen LogP contribution in [0, 0.1) is 0 Å². The summed E-state index contributed by atoms with van der Waals surface area (Å²) in [6.07, 6.45) is 0.401. The lowest BCUT2D eigenvalue weighted by atomic mass is 10.1. The maximum Gasteiger partial charge on any atom is 0.176 e. The van der Waals surface area contributed by atoms with Crippen molar-refractivity contribution in [2.45, 2.75) is 26.1 Å². The third-order valence-electron chi connectivity index (χ3n) is 3.03. The molecule has 2 rings (SSSR count). The van der Waals surface area contributed by atoms with Crippen molar-refractivity contribution in [3.8, 4) is 0 Å². The Hall–Kier alpha value is -0.420. The lowest BCUT2D eigenvalue weighted by Gasteiger charge is -2.34. The molecule has 0 spiro atoms. The van der Waals surface area contributed by atoms with Crippen LogP contribution in [0.25, 0.3) is 0 Å². The number of halogens is 2. The Kier molecular flexibility index (Phi) is 6.47. The fraction of sp³-hybridized carbons (Fsp3) is 0.500. The van der Waals surface area contributed by atoms with Gasteiger partial charge < -0.3 is 4.74 Å². The molecule has 0 saturated carbocycles. The molecule has 0 aliphatic carbocycles. The normalized spacial score (nSPS) is 23.7. The van der Waals surface area contributed by atoms with Crippen LogP contribution in [0.1, 0.15) is 24.2 Å². The number of carbonyl (C=O) groups is 1. The highest BCUT2D eigenvalue weighted by atomic mass is 79.9. The molecule has 0 bridgehead atoms. The summed E-state index contributed by atoms with van der Waals surface area (Å²) < 4.78 is 6.65. The van der Waals surface area contributed by atoms with Crippen LogP contribution in [-0.4, -0.2) is 42.5 Å². The first-order valence-electron chi connectivity index (χ1n) is 6.21. The van der Waals surface area contributed by atoms with E-state index in [2.05, 4.69) is 20.8 Å². The van der Waals surface area contributed by atoms with Crippen LogP contribution >= 0.6 is 28.3 Å². The molecule has 0 N–H and O–H groups in total. The molecule has 1 saturated heterocycles. The molecular weight excluding hydrogens is 330 g/mol. The Morgan fingerprint density at radius 2 is 1.79 bits per heavy atom. The number of benzene rings is 1. The molecule has 1 fully saturated rings. The minimum absolute atomic E-state index is 0. The van der Waals surface area contributed by atoms with Crippen LogP contribution in [0.3, 0.4) is 0 Å². The Bertz CT molecular complexity index is 414. The maximum absolute atomic E-state index is 12.1. The van der Waals surface area contributed by atoms with Crippen LogP contribution < -0.4 is 0 Å². The molecule has 1 heterocycles. The van der Waals surface area contributed by atoms with E-state index >= 15 is 0 Å². The van der Waals surface area contributed by atoms with E-state index in [1.54, 1.807) is 0 Å². The summed E-state index contributed by atoms with van der Waals surface area (Å²) in [5.74, 6) is 0.170. The predicted octanol–water partition coefficient (Wildman–Crippen LogP) is 3.16. The summed E-state index contributed by atoms with van der Waals surface area (Å²) in [4.78, 5) is 14.3. The highest BCUT2D eigenvalue weighted by Crippen LogP contribution is 2.14. The summed E-state index contributed by atoms with van der Waals surface area (Å²) in [6, 6.07) is 7.52. The van der Waals surface area contributed by atoms with Gasteiger partial charge in [-0.1, -0.05) is 28.1 Å². The van der Waals surface area contributed by atoms with E-state index in [9.17, 15) is 4.79 Å². The molecule has 1 aliphatic rings. The zero-order valence-corrected chi connectivity index (χ0v) is 13.5. The third-order valence-corrected chi connectivity index (χ3v) is 3.56. The molecule has 0 amide bonds. The number of carbonyl (C=O) groups excluding carboxylic acids is 1. The summed E-state index contributed by atoms with van der Waals surface area (Å²) in [7, 11) is 0. The molecule has 0 radical (unpaired) electrons. The number of rotatable bonds is 3. The molecule has 1 aromatic carbocycles. The minimum Gasteiger partial charge on any atom is -0.373 e. The van der Waals surface area contributed by atoms with Crippen molar-refractivity contribution in [2.75, 3.05) is 19.6 Å². The van der Waals surface area contributed by atoms with E-state index in [0.717, 1.165) is 23.1 Å². The summed E-state index contributed by atoms with van der Waals surface area (Å²) >= 11 is 3.37. The van der Waals surface area contributed by atoms with Gasteiger partial charge in [0.25, 0.3) is 0 Å². The standard InChI is InChI=1S/C14H18BrNO2.ClH/c1-10-7-16(8-11(2)18-10)9-14(17)12-3-5-13(15)6-4-12;/h3-6,10-11H,7-9H2,1-2H3;1H. The number of nitrogens with zero attached hydrogens (tertiary/aromatic N) is 1. The third kappa shape index (κ3) is 4.88. The highest BCUT2D eigenvalue weighted by Gasteiger charge is 2.23. The minimum atomic E-state index is 0. The van der Waals surface area contributed by atoms with Gasteiger partial charge in [-0.3, -0.25) is 9.69 Å². The largest absolute Gasteiger partial charge is 0.373 e.